The molecule has 6 nitrogen and oxygen atoms in total. The maximum atomic E-state index is 13.8. The predicted octanol–water partition coefficient (Wildman–Crippen LogP) is 4.58. The number of aromatic nitrogens is 2. The average molecular weight is 518 g/mol. The number of carbonyl (C=O) groups is 1. The summed E-state index contributed by atoms with van der Waals surface area (Å²) in [5.74, 6) is -0.437. The first-order valence-corrected chi connectivity index (χ1v) is 13.5. The Labute approximate surface area is 217 Å². The lowest BCUT2D eigenvalue weighted by molar-refractivity contribution is -0.139. The molecule has 1 aliphatic heterocycles. The lowest BCUT2D eigenvalue weighted by Crippen LogP contribution is -2.39. The maximum absolute atomic E-state index is 13.8. The van der Waals surface area contributed by atoms with Gasteiger partial charge in [0.05, 0.1) is 22.4 Å². The molecule has 5 rings (SSSR count). The van der Waals surface area contributed by atoms with Crippen molar-refractivity contribution in [1.82, 2.24) is 9.13 Å². The quantitative estimate of drug-likeness (QED) is 0.364. The van der Waals surface area contributed by atoms with Gasteiger partial charge >= 0.3 is 5.97 Å². The highest BCUT2D eigenvalue weighted by atomic mass is 32.1. The maximum Gasteiger partial charge on any atom is 0.338 e. The highest BCUT2D eigenvalue weighted by molar-refractivity contribution is 7.10. The highest BCUT2D eigenvalue weighted by Crippen LogP contribution is 2.33. The second-order valence-electron chi connectivity index (χ2n) is 8.82. The lowest BCUT2D eigenvalue weighted by Gasteiger charge is -2.23. The molecular weight excluding hydrogens is 490 g/mol. The summed E-state index contributed by atoms with van der Waals surface area (Å²) < 4.78 is 9.76. The molecule has 0 saturated carbocycles. The monoisotopic (exact) mass is 517 g/mol. The van der Waals surface area contributed by atoms with Gasteiger partial charge in [-0.3, -0.25) is 9.36 Å². The van der Waals surface area contributed by atoms with Crippen molar-refractivity contribution in [3.05, 3.63) is 106 Å². The Balaban J connectivity index is 1.67. The Kier molecular flexibility index (Phi) is 6.40. The largest absolute Gasteiger partial charge is 0.463 e. The number of allylic oxidation sites excluding steroid dienone is 1. The minimum atomic E-state index is -0.553. The average Bonchev–Trinajstić information content (AvgIpc) is 3.54. The molecule has 0 N–H and O–H groups in total. The number of carbonyl (C=O) groups excluding carboxylic acids is 1. The Morgan fingerprint density at radius 2 is 1.89 bits per heavy atom. The molecule has 0 amide bonds. The zero-order valence-corrected chi connectivity index (χ0v) is 22.5. The molecule has 0 radical (unpaired) electrons. The van der Waals surface area contributed by atoms with Gasteiger partial charge in [-0.1, -0.05) is 35.1 Å². The fourth-order valence-electron chi connectivity index (χ4n) is 4.67. The summed E-state index contributed by atoms with van der Waals surface area (Å²) in [6.45, 7) is 10.0. The summed E-state index contributed by atoms with van der Waals surface area (Å²) >= 11 is 2.86. The van der Waals surface area contributed by atoms with Crippen LogP contribution in [0.15, 0.2) is 68.9 Å². The van der Waals surface area contributed by atoms with E-state index in [-0.39, 0.29) is 12.2 Å². The number of nitrogens with zero attached hydrogens (tertiary/aromatic N) is 3. The van der Waals surface area contributed by atoms with Gasteiger partial charge in [0.25, 0.3) is 5.56 Å². The molecule has 0 bridgehead atoms. The number of fused-ring (bicyclic) bond motifs is 1. The summed E-state index contributed by atoms with van der Waals surface area (Å²) in [5, 5.41) is 1.95. The molecule has 1 atom stereocenters. The molecule has 0 unspecified atom stereocenters. The molecular formula is C28H27N3O3S2. The molecule has 4 aromatic rings. The Hall–Kier alpha value is -3.49. The van der Waals surface area contributed by atoms with Crippen molar-refractivity contribution >= 4 is 34.7 Å². The van der Waals surface area contributed by atoms with Crippen molar-refractivity contribution in [3.8, 4) is 5.69 Å². The van der Waals surface area contributed by atoms with E-state index in [9.17, 15) is 9.59 Å². The summed E-state index contributed by atoms with van der Waals surface area (Å²) in [4.78, 5) is 32.8. The summed E-state index contributed by atoms with van der Waals surface area (Å²) in [5.41, 5.74) is 6.25. The smallest absolute Gasteiger partial charge is 0.338 e. The van der Waals surface area contributed by atoms with Crippen LogP contribution in [0.1, 0.15) is 47.3 Å². The number of hydrogen-bond donors (Lipinski definition) is 0. The third-order valence-corrected chi connectivity index (χ3v) is 8.29. The van der Waals surface area contributed by atoms with E-state index in [1.165, 1.54) is 28.2 Å². The highest BCUT2D eigenvalue weighted by Gasteiger charge is 2.33. The Morgan fingerprint density at radius 1 is 1.14 bits per heavy atom. The van der Waals surface area contributed by atoms with E-state index in [4.69, 9.17) is 4.74 Å². The molecule has 3 aromatic heterocycles. The van der Waals surface area contributed by atoms with Crippen molar-refractivity contribution in [3.63, 3.8) is 0 Å². The van der Waals surface area contributed by atoms with E-state index in [0.717, 1.165) is 27.5 Å². The topological polar surface area (TPSA) is 65.6 Å². The molecule has 0 spiro atoms. The minimum absolute atomic E-state index is 0.161. The van der Waals surface area contributed by atoms with Crippen molar-refractivity contribution in [1.29, 1.82) is 0 Å². The molecule has 1 aliphatic rings. The van der Waals surface area contributed by atoms with Crippen LogP contribution in [0.5, 0.6) is 0 Å². The van der Waals surface area contributed by atoms with Gasteiger partial charge in [0, 0.05) is 22.0 Å². The molecule has 0 aliphatic carbocycles. The van der Waals surface area contributed by atoms with E-state index in [1.54, 1.807) is 18.4 Å². The van der Waals surface area contributed by atoms with Crippen molar-refractivity contribution in [2.24, 2.45) is 4.99 Å². The van der Waals surface area contributed by atoms with Gasteiger partial charge in [0.1, 0.15) is 6.04 Å². The summed E-state index contributed by atoms with van der Waals surface area (Å²) in [6.07, 6.45) is 1.94. The number of rotatable bonds is 5. The van der Waals surface area contributed by atoms with Gasteiger partial charge in [-0.05, 0) is 75.9 Å². The number of hydrogen-bond acceptors (Lipinski definition) is 6. The fraction of sp³-hybridized carbons (Fsp3) is 0.250. The molecule has 184 valence electrons. The lowest BCUT2D eigenvalue weighted by atomic mass is 10.0. The van der Waals surface area contributed by atoms with Gasteiger partial charge < -0.3 is 9.30 Å². The second-order valence-corrected chi connectivity index (χ2v) is 10.8. The van der Waals surface area contributed by atoms with Crippen molar-refractivity contribution in [2.75, 3.05) is 6.61 Å². The first-order valence-electron chi connectivity index (χ1n) is 11.8. The predicted molar refractivity (Wildman–Crippen MR) is 145 cm³/mol. The summed E-state index contributed by atoms with van der Waals surface area (Å²) in [7, 11) is 0. The number of thiazole rings is 1. The first-order chi connectivity index (χ1) is 17.3. The first kappa shape index (κ1) is 24.2. The van der Waals surface area contributed by atoms with Gasteiger partial charge in [-0.25, -0.2) is 9.79 Å². The normalized spacial score (nSPS) is 15.7. The number of ether oxygens (including phenoxy) is 1. The van der Waals surface area contributed by atoms with Crippen LogP contribution in [0.2, 0.25) is 0 Å². The van der Waals surface area contributed by atoms with Crippen LogP contribution in [0, 0.1) is 20.8 Å². The van der Waals surface area contributed by atoms with E-state index < -0.39 is 12.0 Å². The van der Waals surface area contributed by atoms with Crippen molar-refractivity contribution in [2.45, 2.75) is 40.7 Å². The number of thiophene rings is 1. The van der Waals surface area contributed by atoms with E-state index in [2.05, 4.69) is 60.7 Å². The van der Waals surface area contributed by atoms with Crippen LogP contribution in [-0.4, -0.2) is 21.7 Å². The third kappa shape index (κ3) is 4.10. The Bertz CT molecular complexity index is 1670. The van der Waals surface area contributed by atoms with Crippen LogP contribution in [-0.2, 0) is 9.53 Å². The van der Waals surface area contributed by atoms with Crippen LogP contribution >= 0.6 is 22.7 Å². The standard InChI is InChI=1S/C28H27N3O3S2/c1-6-34-27(33)24-18(4)29-28-31(25(24)22-8-7-13-35-22)26(32)23(36-28)15-20-14-17(3)30(19(20)5)21-11-9-16(2)10-12-21/h7-15,25H,6H2,1-5H3/b23-15+/t25-/m1/s1. The van der Waals surface area contributed by atoms with Gasteiger partial charge in [-0.2, -0.15) is 0 Å². The van der Waals surface area contributed by atoms with Crippen LogP contribution in [0.3, 0.4) is 0 Å². The fourth-order valence-corrected chi connectivity index (χ4v) is 6.53. The summed E-state index contributed by atoms with van der Waals surface area (Å²) in [6, 6.07) is 13.8. The zero-order valence-electron chi connectivity index (χ0n) is 20.9. The molecule has 0 fully saturated rings. The molecule has 0 saturated heterocycles. The second kappa shape index (κ2) is 9.52. The molecule has 36 heavy (non-hydrogen) atoms. The van der Waals surface area contributed by atoms with Crippen LogP contribution in [0.4, 0.5) is 0 Å². The number of benzene rings is 1. The van der Waals surface area contributed by atoms with Gasteiger partial charge in [-0.15, -0.1) is 11.3 Å². The Morgan fingerprint density at radius 3 is 2.56 bits per heavy atom. The number of esters is 1. The van der Waals surface area contributed by atoms with E-state index in [1.807, 2.05) is 23.6 Å². The van der Waals surface area contributed by atoms with E-state index >= 15 is 0 Å². The molecule has 8 heteroatoms. The zero-order chi connectivity index (χ0) is 25.6. The third-order valence-electron chi connectivity index (χ3n) is 6.38. The van der Waals surface area contributed by atoms with Crippen LogP contribution < -0.4 is 14.9 Å². The van der Waals surface area contributed by atoms with Crippen LogP contribution in [0.25, 0.3) is 11.8 Å². The SMILES string of the molecule is CCOC(=O)C1=C(C)N=c2s/c(=C/c3cc(C)n(-c4ccc(C)cc4)c3C)c(=O)n2[C@@H]1c1cccs1. The number of aryl methyl sites for hydroxylation is 2. The van der Waals surface area contributed by atoms with E-state index in [0.29, 0.717) is 20.6 Å². The molecule has 1 aromatic carbocycles. The molecule has 4 heterocycles. The minimum Gasteiger partial charge on any atom is -0.463 e. The van der Waals surface area contributed by atoms with Crippen molar-refractivity contribution < 1.29 is 9.53 Å². The van der Waals surface area contributed by atoms with Gasteiger partial charge in [0.2, 0.25) is 0 Å². The van der Waals surface area contributed by atoms with Gasteiger partial charge in [0.15, 0.2) is 4.80 Å².